The lowest BCUT2D eigenvalue weighted by atomic mass is 9.72. The van der Waals surface area contributed by atoms with Crippen molar-refractivity contribution in [1.82, 2.24) is 4.90 Å². The molecule has 0 N–H and O–H groups in total. The van der Waals surface area contributed by atoms with Gasteiger partial charge < -0.3 is 4.90 Å². The minimum atomic E-state index is -0.194. The Bertz CT molecular complexity index is 1240. The summed E-state index contributed by atoms with van der Waals surface area (Å²) in [6.45, 7) is 13.5. The van der Waals surface area contributed by atoms with Crippen molar-refractivity contribution in [2.45, 2.75) is 48.1 Å². The quantitative estimate of drug-likeness (QED) is 0.472. The first-order valence-electron chi connectivity index (χ1n) is 12.0. The third-order valence-electron chi connectivity index (χ3n) is 6.35. The van der Waals surface area contributed by atoms with Crippen LogP contribution in [0.25, 0.3) is 10.8 Å². The Morgan fingerprint density at radius 1 is 0.735 bits per heavy atom. The van der Waals surface area contributed by atoms with Crippen LogP contribution in [0.2, 0.25) is 0 Å². The highest BCUT2D eigenvalue weighted by Gasteiger charge is 2.33. The summed E-state index contributed by atoms with van der Waals surface area (Å²) in [4.78, 5) is 15.3. The molecule has 0 fully saturated rings. The van der Waals surface area contributed by atoms with Crippen molar-refractivity contribution in [2.24, 2.45) is 10.8 Å². The summed E-state index contributed by atoms with van der Waals surface area (Å²) in [5, 5.41) is 2.57. The Hall–Kier alpha value is -3.39. The van der Waals surface area contributed by atoms with Crippen LogP contribution in [0.3, 0.4) is 0 Å². The summed E-state index contributed by atoms with van der Waals surface area (Å²) in [6, 6.07) is 15.0. The molecular weight excluding hydrogens is 414 g/mol. The average molecular weight is 450 g/mol. The molecule has 0 radical (unpaired) electrons. The van der Waals surface area contributed by atoms with Gasteiger partial charge in [-0.3, -0.25) is 4.79 Å². The van der Waals surface area contributed by atoms with E-state index in [2.05, 4.69) is 138 Å². The lowest BCUT2D eigenvalue weighted by Crippen LogP contribution is -2.27. The van der Waals surface area contributed by atoms with Crippen molar-refractivity contribution in [1.29, 1.82) is 0 Å². The Morgan fingerprint density at radius 2 is 1.29 bits per heavy atom. The third-order valence-corrected chi connectivity index (χ3v) is 6.35. The van der Waals surface area contributed by atoms with Gasteiger partial charge in [-0.2, -0.15) is 0 Å². The first kappa shape index (κ1) is 23.8. The number of Topliss-reactive ketones (excluding diaryl/α,β-unsaturated/α-hetero) is 1. The molecule has 0 atom stereocenters. The zero-order valence-electron chi connectivity index (χ0n) is 21.2. The highest BCUT2D eigenvalue weighted by molar-refractivity contribution is 6.11. The summed E-state index contributed by atoms with van der Waals surface area (Å²) < 4.78 is 0. The van der Waals surface area contributed by atoms with Crippen molar-refractivity contribution in [3.8, 4) is 0 Å². The van der Waals surface area contributed by atoms with Crippen LogP contribution in [-0.2, 0) is 11.3 Å². The second kappa shape index (κ2) is 9.10. The number of hydrogen-bond acceptors (Lipinski definition) is 2. The Balaban J connectivity index is 1.55. The van der Waals surface area contributed by atoms with E-state index in [-0.39, 0.29) is 16.6 Å². The lowest BCUT2D eigenvalue weighted by molar-refractivity contribution is -0.114. The minimum Gasteiger partial charge on any atom is -0.350 e. The molecular formula is C32H35NO. The van der Waals surface area contributed by atoms with Crippen LogP contribution < -0.4 is 0 Å². The zero-order chi connectivity index (χ0) is 24.5. The third kappa shape index (κ3) is 5.22. The largest absolute Gasteiger partial charge is 0.350 e. The molecule has 0 amide bonds. The Labute approximate surface area is 204 Å². The van der Waals surface area contributed by atoms with Crippen molar-refractivity contribution in [2.75, 3.05) is 0 Å². The number of carbonyl (C=O) groups excluding carboxylic acids is 1. The molecule has 2 aromatic rings. The van der Waals surface area contributed by atoms with Crippen LogP contribution in [0.15, 0.2) is 114 Å². The predicted octanol–water partition coefficient (Wildman–Crippen LogP) is 8.06. The molecule has 1 heterocycles. The summed E-state index contributed by atoms with van der Waals surface area (Å²) in [7, 11) is 0. The maximum Gasteiger partial charge on any atom is 0.186 e. The highest BCUT2D eigenvalue weighted by Crippen LogP contribution is 2.38. The second-order valence-electron chi connectivity index (χ2n) is 11.2. The van der Waals surface area contributed by atoms with Gasteiger partial charge in [-0.25, -0.2) is 0 Å². The molecule has 1 aliphatic heterocycles. The van der Waals surface area contributed by atoms with E-state index in [1.54, 1.807) is 0 Å². The van der Waals surface area contributed by atoms with Crippen LogP contribution in [0.5, 0.6) is 0 Å². The summed E-state index contributed by atoms with van der Waals surface area (Å²) in [5.74, 6) is 0.173. The number of allylic oxidation sites excluding steroid dienone is 10. The van der Waals surface area contributed by atoms with E-state index in [1.165, 1.54) is 16.3 Å². The molecule has 2 aromatic carbocycles. The first-order chi connectivity index (χ1) is 16.0. The van der Waals surface area contributed by atoms with E-state index >= 15 is 0 Å². The van der Waals surface area contributed by atoms with E-state index < -0.39 is 0 Å². The van der Waals surface area contributed by atoms with Gasteiger partial charge in [-0.15, -0.1) is 0 Å². The lowest BCUT2D eigenvalue weighted by Gasteiger charge is -2.31. The summed E-state index contributed by atoms with van der Waals surface area (Å²) >= 11 is 0. The molecule has 2 heteroatoms. The van der Waals surface area contributed by atoms with Crippen molar-refractivity contribution in [3.05, 3.63) is 119 Å². The van der Waals surface area contributed by atoms with E-state index in [0.29, 0.717) is 0 Å². The standard InChI is InChI=1S/C32H35NO/c1-31(2,3)28-20-24(21-29(30(28)34)32(4,5)6)15-14-23-16-18-33(19-17-23)22-26-12-9-11-25-10-7-8-13-27(25)26/h7-21H,22H2,1-6H3. The van der Waals surface area contributed by atoms with Crippen LogP contribution in [0.1, 0.15) is 47.1 Å². The topological polar surface area (TPSA) is 20.3 Å². The summed E-state index contributed by atoms with van der Waals surface area (Å²) in [5.41, 5.74) is 4.88. The van der Waals surface area contributed by atoms with Crippen molar-refractivity contribution >= 4 is 16.6 Å². The van der Waals surface area contributed by atoms with Crippen LogP contribution >= 0.6 is 0 Å². The van der Waals surface area contributed by atoms with Crippen molar-refractivity contribution in [3.63, 3.8) is 0 Å². The van der Waals surface area contributed by atoms with E-state index in [1.807, 2.05) is 0 Å². The van der Waals surface area contributed by atoms with Gasteiger partial charge in [-0.05, 0) is 62.6 Å². The van der Waals surface area contributed by atoms with E-state index in [4.69, 9.17) is 0 Å². The maximum atomic E-state index is 13.1. The van der Waals surface area contributed by atoms with Gasteiger partial charge >= 0.3 is 0 Å². The molecule has 174 valence electrons. The molecule has 34 heavy (non-hydrogen) atoms. The van der Waals surface area contributed by atoms with Gasteiger partial charge in [0, 0.05) is 30.1 Å². The smallest absolute Gasteiger partial charge is 0.186 e. The van der Waals surface area contributed by atoms with E-state index in [0.717, 1.165) is 28.8 Å². The van der Waals surface area contributed by atoms with Crippen LogP contribution in [-0.4, -0.2) is 10.7 Å². The molecule has 4 rings (SSSR count). The minimum absolute atomic E-state index is 0.173. The molecule has 0 spiro atoms. The fourth-order valence-corrected chi connectivity index (χ4v) is 4.37. The van der Waals surface area contributed by atoms with Crippen LogP contribution in [0, 0.1) is 10.8 Å². The number of rotatable bonds is 3. The molecule has 0 saturated heterocycles. The monoisotopic (exact) mass is 449 g/mol. The number of fused-ring (bicyclic) bond motifs is 1. The zero-order valence-corrected chi connectivity index (χ0v) is 21.2. The number of benzene rings is 2. The van der Waals surface area contributed by atoms with Gasteiger partial charge in [0.25, 0.3) is 0 Å². The van der Waals surface area contributed by atoms with E-state index in [9.17, 15) is 4.79 Å². The Morgan fingerprint density at radius 3 is 1.91 bits per heavy atom. The number of hydrogen-bond donors (Lipinski definition) is 0. The number of carbonyl (C=O) groups is 1. The predicted molar refractivity (Wildman–Crippen MR) is 144 cm³/mol. The highest BCUT2D eigenvalue weighted by atomic mass is 16.1. The molecule has 0 bridgehead atoms. The fourth-order valence-electron chi connectivity index (χ4n) is 4.37. The average Bonchev–Trinajstić information content (AvgIpc) is 2.78. The molecule has 0 aromatic heterocycles. The van der Waals surface area contributed by atoms with Crippen LogP contribution in [0.4, 0.5) is 0 Å². The number of ketones is 1. The van der Waals surface area contributed by atoms with Gasteiger partial charge in [-0.1, -0.05) is 96.2 Å². The molecule has 2 aliphatic rings. The first-order valence-corrected chi connectivity index (χ1v) is 12.0. The normalized spacial score (nSPS) is 16.6. The molecule has 0 unspecified atom stereocenters. The van der Waals surface area contributed by atoms with Gasteiger partial charge in [0.05, 0.1) is 0 Å². The van der Waals surface area contributed by atoms with Gasteiger partial charge in [0.1, 0.15) is 0 Å². The van der Waals surface area contributed by atoms with Crippen molar-refractivity contribution < 1.29 is 4.79 Å². The fraction of sp³-hybridized carbons (Fsp3) is 0.281. The SMILES string of the molecule is CC(C)(C)C1=CC(=CC=C2C=CN(Cc3cccc4ccccc34)C=C2)C=C(C(C)(C)C)C1=O. The second-order valence-corrected chi connectivity index (χ2v) is 11.2. The van der Waals surface area contributed by atoms with Gasteiger partial charge in [0.15, 0.2) is 5.78 Å². The Kier molecular flexibility index (Phi) is 6.36. The maximum absolute atomic E-state index is 13.1. The summed E-state index contributed by atoms with van der Waals surface area (Å²) in [6.07, 6.45) is 16.9. The molecule has 2 nitrogen and oxygen atoms in total. The molecule has 1 aliphatic carbocycles. The number of nitrogens with zero attached hydrogens (tertiary/aromatic N) is 1. The molecule has 0 saturated carbocycles. The van der Waals surface area contributed by atoms with Gasteiger partial charge in [0.2, 0.25) is 0 Å².